The Labute approximate surface area is 146 Å². The van der Waals surface area contributed by atoms with E-state index in [1.807, 2.05) is 43.3 Å². The number of aliphatic hydroxyl groups is 2. The SMILES string of the molecule is Cc1cncc(C(=O)N2C[C@@H](O)[C@@]3(C2)[C@H](CO)[C@H]3c2ccccc2)c1. The van der Waals surface area contributed by atoms with Gasteiger partial charge < -0.3 is 15.1 Å². The summed E-state index contributed by atoms with van der Waals surface area (Å²) in [6, 6.07) is 11.8. The highest BCUT2D eigenvalue weighted by Gasteiger charge is 2.71. The first-order valence-corrected chi connectivity index (χ1v) is 8.62. The summed E-state index contributed by atoms with van der Waals surface area (Å²) in [4.78, 5) is 18.6. The normalized spacial score (nSPS) is 30.7. The number of carbonyl (C=O) groups is 1. The summed E-state index contributed by atoms with van der Waals surface area (Å²) in [5, 5.41) is 20.6. The van der Waals surface area contributed by atoms with E-state index in [0.717, 1.165) is 11.1 Å². The van der Waals surface area contributed by atoms with Gasteiger partial charge in [-0.3, -0.25) is 9.78 Å². The molecule has 1 spiro atoms. The lowest BCUT2D eigenvalue weighted by Crippen LogP contribution is -2.29. The molecular formula is C20H22N2O3. The number of carbonyl (C=O) groups excluding carboxylic acids is 1. The van der Waals surface area contributed by atoms with Gasteiger partial charge in [0.05, 0.1) is 11.7 Å². The molecule has 5 nitrogen and oxygen atoms in total. The summed E-state index contributed by atoms with van der Waals surface area (Å²) in [5.41, 5.74) is 2.15. The highest BCUT2D eigenvalue weighted by atomic mass is 16.3. The molecular weight excluding hydrogens is 316 g/mol. The summed E-state index contributed by atoms with van der Waals surface area (Å²) < 4.78 is 0. The maximum absolute atomic E-state index is 12.8. The van der Waals surface area contributed by atoms with E-state index in [9.17, 15) is 15.0 Å². The van der Waals surface area contributed by atoms with Gasteiger partial charge in [-0.25, -0.2) is 0 Å². The maximum Gasteiger partial charge on any atom is 0.255 e. The number of aryl methyl sites for hydroxylation is 1. The molecule has 4 atom stereocenters. The molecule has 1 aliphatic heterocycles. The van der Waals surface area contributed by atoms with E-state index in [-0.39, 0.29) is 24.3 Å². The molecule has 2 heterocycles. The Bertz CT molecular complexity index is 795. The summed E-state index contributed by atoms with van der Waals surface area (Å²) in [5.74, 6) is -0.0389. The van der Waals surface area contributed by atoms with E-state index >= 15 is 0 Å². The average molecular weight is 338 g/mol. The molecule has 1 saturated carbocycles. The first-order chi connectivity index (χ1) is 12.1. The fraction of sp³-hybridized carbons (Fsp3) is 0.400. The average Bonchev–Trinajstić information content (AvgIpc) is 3.16. The van der Waals surface area contributed by atoms with Crippen molar-refractivity contribution in [2.45, 2.75) is 18.9 Å². The summed E-state index contributed by atoms with van der Waals surface area (Å²) in [6.07, 6.45) is 2.65. The predicted octanol–water partition coefficient (Wildman–Crippen LogP) is 1.60. The van der Waals surface area contributed by atoms with Gasteiger partial charge in [-0.2, -0.15) is 0 Å². The van der Waals surface area contributed by atoms with E-state index < -0.39 is 11.5 Å². The molecule has 0 bridgehead atoms. The molecule has 1 amide bonds. The summed E-state index contributed by atoms with van der Waals surface area (Å²) >= 11 is 0. The standard InChI is InChI=1S/C20H22N2O3/c1-13-7-15(9-21-8-13)19(25)22-10-17(24)20(12-22)16(11-23)18(20)14-5-3-2-4-6-14/h2-9,16-18,23-24H,10-12H2,1H3/t16-,17-,18-,20-/m1/s1. The smallest absolute Gasteiger partial charge is 0.255 e. The predicted molar refractivity (Wildman–Crippen MR) is 93.1 cm³/mol. The zero-order valence-electron chi connectivity index (χ0n) is 14.2. The largest absolute Gasteiger partial charge is 0.396 e. The van der Waals surface area contributed by atoms with Crippen LogP contribution in [0, 0.1) is 18.3 Å². The Morgan fingerprint density at radius 1 is 1.32 bits per heavy atom. The van der Waals surface area contributed by atoms with Crippen LogP contribution >= 0.6 is 0 Å². The molecule has 2 aromatic rings. The van der Waals surface area contributed by atoms with Gasteiger partial charge in [0, 0.05) is 37.5 Å². The van der Waals surface area contributed by atoms with Crippen LogP contribution in [0.15, 0.2) is 48.8 Å². The summed E-state index contributed by atoms with van der Waals surface area (Å²) in [7, 11) is 0. The number of β-amino-alcohol motifs (C(OH)–C–C–N with tert-alkyl or cyclic N) is 1. The number of benzene rings is 1. The molecule has 2 aliphatic rings. The third-order valence-corrected chi connectivity index (χ3v) is 5.81. The van der Waals surface area contributed by atoms with Gasteiger partial charge in [-0.05, 0) is 36.0 Å². The molecule has 0 radical (unpaired) electrons. The van der Waals surface area contributed by atoms with Gasteiger partial charge >= 0.3 is 0 Å². The topological polar surface area (TPSA) is 73.7 Å². The molecule has 130 valence electrons. The van der Waals surface area contributed by atoms with Crippen molar-refractivity contribution in [3.63, 3.8) is 0 Å². The van der Waals surface area contributed by atoms with Gasteiger partial charge in [0.1, 0.15) is 0 Å². The van der Waals surface area contributed by atoms with Crippen molar-refractivity contribution >= 4 is 5.91 Å². The molecule has 0 unspecified atom stereocenters. The molecule has 1 aliphatic carbocycles. The number of hydrogen-bond acceptors (Lipinski definition) is 4. The lowest BCUT2D eigenvalue weighted by atomic mass is 9.95. The molecule has 1 aromatic carbocycles. The van der Waals surface area contributed by atoms with Crippen LogP contribution in [-0.2, 0) is 0 Å². The van der Waals surface area contributed by atoms with E-state index in [0.29, 0.717) is 18.7 Å². The van der Waals surface area contributed by atoms with Crippen LogP contribution in [0.3, 0.4) is 0 Å². The van der Waals surface area contributed by atoms with Crippen LogP contribution in [0.4, 0.5) is 0 Å². The Balaban J connectivity index is 1.60. The molecule has 4 rings (SSSR count). The van der Waals surface area contributed by atoms with Gasteiger partial charge in [-0.1, -0.05) is 30.3 Å². The van der Waals surface area contributed by atoms with Crippen LogP contribution in [0.25, 0.3) is 0 Å². The van der Waals surface area contributed by atoms with Crippen LogP contribution in [-0.4, -0.2) is 51.8 Å². The minimum atomic E-state index is -0.628. The minimum Gasteiger partial charge on any atom is -0.396 e. The molecule has 2 fully saturated rings. The van der Waals surface area contributed by atoms with Crippen molar-refractivity contribution < 1.29 is 15.0 Å². The fourth-order valence-corrected chi connectivity index (χ4v) is 4.58. The Hall–Kier alpha value is -2.24. The van der Waals surface area contributed by atoms with Crippen molar-refractivity contribution in [1.82, 2.24) is 9.88 Å². The quantitative estimate of drug-likeness (QED) is 0.891. The van der Waals surface area contributed by atoms with Gasteiger partial charge in [-0.15, -0.1) is 0 Å². The van der Waals surface area contributed by atoms with Crippen molar-refractivity contribution in [2.75, 3.05) is 19.7 Å². The van der Waals surface area contributed by atoms with E-state index in [1.54, 1.807) is 17.3 Å². The third kappa shape index (κ3) is 2.46. The highest BCUT2D eigenvalue weighted by Crippen LogP contribution is 2.68. The van der Waals surface area contributed by atoms with Crippen molar-refractivity contribution in [2.24, 2.45) is 11.3 Å². The Morgan fingerprint density at radius 2 is 2.08 bits per heavy atom. The summed E-state index contributed by atoms with van der Waals surface area (Å²) in [6.45, 7) is 2.68. The lowest BCUT2D eigenvalue weighted by Gasteiger charge is -2.17. The van der Waals surface area contributed by atoms with Crippen molar-refractivity contribution in [3.05, 3.63) is 65.5 Å². The van der Waals surface area contributed by atoms with E-state index in [1.165, 1.54) is 0 Å². The molecule has 25 heavy (non-hydrogen) atoms. The first kappa shape index (κ1) is 16.2. The lowest BCUT2D eigenvalue weighted by molar-refractivity contribution is 0.0763. The number of likely N-dealkylation sites (tertiary alicyclic amines) is 1. The second-order valence-electron chi connectivity index (χ2n) is 7.24. The van der Waals surface area contributed by atoms with Crippen LogP contribution in [0.5, 0.6) is 0 Å². The Kier molecular flexibility index (Phi) is 3.85. The maximum atomic E-state index is 12.8. The van der Waals surface area contributed by atoms with E-state index in [2.05, 4.69) is 4.98 Å². The zero-order valence-corrected chi connectivity index (χ0v) is 14.2. The first-order valence-electron chi connectivity index (χ1n) is 8.62. The second-order valence-corrected chi connectivity index (χ2v) is 7.24. The molecule has 5 heteroatoms. The molecule has 1 saturated heterocycles. The van der Waals surface area contributed by atoms with Crippen LogP contribution < -0.4 is 0 Å². The van der Waals surface area contributed by atoms with Gasteiger partial charge in [0.2, 0.25) is 0 Å². The number of hydrogen-bond donors (Lipinski definition) is 2. The minimum absolute atomic E-state index is 0.0154. The monoisotopic (exact) mass is 338 g/mol. The third-order valence-electron chi connectivity index (χ3n) is 5.81. The van der Waals surface area contributed by atoms with Gasteiger partial charge in [0.15, 0.2) is 0 Å². The van der Waals surface area contributed by atoms with Crippen LogP contribution in [0.1, 0.15) is 27.4 Å². The number of aromatic nitrogens is 1. The highest BCUT2D eigenvalue weighted by molar-refractivity contribution is 5.94. The fourth-order valence-electron chi connectivity index (χ4n) is 4.58. The Morgan fingerprint density at radius 3 is 2.76 bits per heavy atom. The van der Waals surface area contributed by atoms with Gasteiger partial charge in [0.25, 0.3) is 5.91 Å². The number of rotatable bonds is 3. The molecule has 2 N–H and O–H groups in total. The number of amides is 1. The molecule has 1 aromatic heterocycles. The van der Waals surface area contributed by atoms with E-state index in [4.69, 9.17) is 0 Å². The van der Waals surface area contributed by atoms with Crippen molar-refractivity contribution in [3.8, 4) is 0 Å². The van der Waals surface area contributed by atoms with Crippen molar-refractivity contribution in [1.29, 1.82) is 0 Å². The number of pyridine rings is 1. The number of nitrogens with zero attached hydrogens (tertiary/aromatic N) is 2. The van der Waals surface area contributed by atoms with Crippen LogP contribution in [0.2, 0.25) is 0 Å². The zero-order chi connectivity index (χ0) is 17.6. The second kappa shape index (κ2) is 5.93. The number of aliphatic hydroxyl groups excluding tert-OH is 2.